The normalized spacial score (nSPS) is 15.8. The van der Waals surface area contributed by atoms with Crippen molar-refractivity contribution >= 4 is 34.7 Å². The number of aliphatic imine (C=N–C) groups is 1. The van der Waals surface area contributed by atoms with E-state index in [1.54, 1.807) is 24.4 Å². The topological polar surface area (TPSA) is 32.7 Å². The van der Waals surface area contributed by atoms with E-state index in [1.165, 1.54) is 0 Å². The number of halogens is 2. The number of nitrogens with zero attached hydrogens (tertiary/aromatic N) is 2. The van der Waals surface area contributed by atoms with Crippen LogP contribution in [0.3, 0.4) is 0 Å². The molecule has 24 heavy (non-hydrogen) atoms. The van der Waals surface area contributed by atoms with Crippen molar-refractivity contribution in [3.05, 3.63) is 81.0 Å². The van der Waals surface area contributed by atoms with Crippen LogP contribution in [0.1, 0.15) is 21.5 Å². The Morgan fingerprint density at radius 1 is 1.04 bits per heavy atom. The Bertz CT molecular complexity index is 869. The smallest absolute Gasteiger partial charge is 0.193 e. The van der Waals surface area contributed by atoms with Crippen molar-refractivity contribution in [1.82, 2.24) is 4.90 Å². The summed E-state index contributed by atoms with van der Waals surface area (Å²) in [6, 6.07) is 12.7. The highest BCUT2D eigenvalue weighted by molar-refractivity contribution is 6.37. The summed E-state index contributed by atoms with van der Waals surface area (Å²) in [5.74, 6) is -0.0406. The molecule has 2 aromatic rings. The van der Waals surface area contributed by atoms with Gasteiger partial charge in [-0.25, -0.2) is 0 Å². The summed E-state index contributed by atoms with van der Waals surface area (Å²) >= 11 is 12.5. The lowest BCUT2D eigenvalue weighted by molar-refractivity contribution is 0.103. The average Bonchev–Trinajstić information content (AvgIpc) is 2.66. The van der Waals surface area contributed by atoms with Gasteiger partial charge in [0.25, 0.3) is 0 Å². The van der Waals surface area contributed by atoms with Crippen LogP contribution in [-0.4, -0.2) is 37.0 Å². The highest BCUT2D eigenvalue weighted by atomic mass is 35.5. The number of fused-ring (bicyclic) bond motifs is 1. The fourth-order valence-corrected chi connectivity index (χ4v) is 3.10. The third kappa shape index (κ3) is 3.23. The van der Waals surface area contributed by atoms with E-state index in [1.807, 2.05) is 43.3 Å². The van der Waals surface area contributed by atoms with Crippen LogP contribution in [0, 0.1) is 0 Å². The first-order valence-corrected chi connectivity index (χ1v) is 8.24. The molecule has 0 amide bonds. The minimum absolute atomic E-state index is 0.0406. The molecule has 0 atom stereocenters. The van der Waals surface area contributed by atoms with Crippen molar-refractivity contribution in [2.75, 3.05) is 20.6 Å². The van der Waals surface area contributed by atoms with Crippen molar-refractivity contribution in [2.24, 2.45) is 4.99 Å². The molecule has 0 unspecified atom stereocenters. The summed E-state index contributed by atoms with van der Waals surface area (Å²) in [5, 5.41) is 1.15. The summed E-state index contributed by atoms with van der Waals surface area (Å²) in [4.78, 5) is 19.4. The number of Topliss-reactive ketones (excluding diaryl/α,β-unsaturated/α-hetero) is 1. The van der Waals surface area contributed by atoms with Gasteiger partial charge in [-0.05, 0) is 24.3 Å². The molecule has 1 aliphatic rings. The second-order valence-corrected chi connectivity index (χ2v) is 6.63. The van der Waals surface area contributed by atoms with E-state index >= 15 is 0 Å². The fourth-order valence-electron chi connectivity index (χ4n) is 2.70. The lowest BCUT2D eigenvalue weighted by atomic mass is 9.94. The van der Waals surface area contributed by atoms with Gasteiger partial charge in [-0.2, -0.15) is 0 Å². The fraction of sp³-hybridized carbons (Fsp3) is 0.158. The van der Waals surface area contributed by atoms with Gasteiger partial charge in [0.05, 0.1) is 12.3 Å². The first kappa shape index (κ1) is 16.7. The SMILES string of the molecule is CN(C)/C=C1\CN=C(c2ccccc2Cl)c2cc(Cl)ccc2C1=O. The van der Waals surface area contributed by atoms with E-state index in [0.29, 0.717) is 39.0 Å². The van der Waals surface area contributed by atoms with Crippen LogP contribution in [0.4, 0.5) is 0 Å². The predicted octanol–water partition coefficient (Wildman–Crippen LogP) is 4.47. The summed E-state index contributed by atoms with van der Waals surface area (Å²) in [6.07, 6.45) is 1.81. The van der Waals surface area contributed by atoms with Gasteiger partial charge in [0, 0.05) is 52.6 Å². The van der Waals surface area contributed by atoms with Crippen LogP contribution in [0.25, 0.3) is 0 Å². The molecule has 0 aromatic heterocycles. The van der Waals surface area contributed by atoms with Crippen LogP contribution in [0.2, 0.25) is 10.0 Å². The monoisotopic (exact) mass is 358 g/mol. The number of hydrogen-bond donors (Lipinski definition) is 0. The molecule has 1 aliphatic heterocycles. The van der Waals surface area contributed by atoms with Gasteiger partial charge in [-0.15, -0.1) is 0 Å². The predicted molar refractivity (Wildman–Crippen MR) is 99.5 cm³/mol. The molecule has 1 heterocycles. The molecule has 0 saturated carbocycles. The summed E-state index contributed by atoms with van der Waals surface area (Å²) in [6.45, 7) is 0.296. The average molecular weight is 359 g/mol. The number of ketones is 1. The maximum atomic E-state index is 12.9. The second-order valence-electron chi connectivity index (χ2n) is 5.78. The lowest BCUT2D eigenvalue weighted by Crippen LogP contribution is -2.12. The molecule has 0 N–H and O–H groups in total. The van der Waals surface area contributed by atoms with Crippen molar-refractivity contribution in [3.63, 3.8) is 0 Å². The molecular formula is C19H16Cl2N2O. The Labute approximate surface area is 151 Å². The molecule has 0 saturated heterocycles. The third-order valence-electron chi connectivity index (χ3n) is 3.72. The zero-order valence-electron chi connectivity index (χ0n) is 13.4. The van der Waals surface area contributed by atoms with Crippen molar-refractivity contribution in [3.8, 4) is 0 Å². The Balaban J connectivity index is 2.25. The Kier molecular flexibility index (Phi) is 4.74. The maximum absolute atomic E-state index is 12.9. The van der Waals surface area contributed by atoms with Crippen LogP contribution in [0.15, 0.2) is 59.2 Å². The van der Waals surface area contributed by atoms with Gasteiger partial charge < -0.3 is 4.90 Å². The van der Waals surface area contributed by atoms with Crippen molar-refractivity contribution in [2.45, 2.75) is 0 Å². The van der Waals surface area contributed by atoms with Crippen LogP contribution >= 0.6 is 23.2 Å². The summed E-state index contributed by atoms with van der Waals surface area (Å²) in [5.41, 5.74) is 3.41. The number of benzene rings is 2. The van der Waals surface area contributed by atoms with E-state index in [9.17, 15) is 4.79 Å². The quantitative estimate of drug-likeness (QED) is 0.741. The molecule has 3 rings (SSSR count). The van der Waals surface area contributed by atoms with Gasteiger partial charge >= 0.3 is 0 Å². The first-order valence-electron chi connectivity index (χ1n) is 7.48. The number of carbonyl (C=O) groups is 1. The van der Waals surface area contributed by atoms with E-state index in [-0.39, 0.29) is 5.78 Å². The van der Waals surface area contributed by atoms with E-state index < -0.39 is 0 Å². The molecule has 0 bridgehead atoms. The highest BCUT2D eigenvalue weighted by Gasteiger charge is 2.24. The minimum atomic E-state index is -0.0406. The zero-order chi connectivity index (χ0) is 17.3. The van der Waals surface area contributed by atoms with E-state index in [0.717, 1.165) is 5.56 Å². The summed E-state index contributed by atoms with van der Waals surface area (Å²) < 4.78 is 0. The van der Waals surface area contributed by atoms with Gasteiger partial charge in [0.1, 0.15) is 0 Å². The third-order valence-corrected chi connectivity index (χ3v) is 4.29. The largest absolute Gasteiger partial charge is 0.383 e. The van der Waals surface area contributed by atoms with E-state index in [4.69, 9.17) is 23.2 Å². The van der Waals surface area contributed by atoms with Crippen LogP contribution in [0.5, 0.6) is 0 Å². The first-order chi connectivity index (χ1) is 11.5. The highest BCUT2D eigenvalue weighted by Crippen LogP contribution is 2.28. The zero-order valence-corrected chi connectivity index (χ0v) is 14.9. The molecule has 0 fully saturated rings. The number of carbonyl (C=O) groups excluding carboxylic acids is 1. The van der Waals surface area contributed by atoms with Crippen LogP contribution in [-0.2, 0) is 0 Å². The summed E-state index contributed by atoms with van der Waals surface area (Å²) in [7, 11) is 3.76. The Morgan fingerprint density at radius 2 is 1.79 bits per heavy atom. The van der Waals surface area contributed by atoms with Crippen LogP contribution < -0.4 is 0 Å². The van der Waals surface area contributed by atoms with Gasteiger partial charge in [-0.1, -0.05) is 41.4 Å². The van der Waals surface area contributed by atoms with Gasteiger partial charge in [0.15, 0.2) is 5.78 Å². The number of hydrogen-bond acceptors (Lipinski definition) is 3. The molecule has 122 valence electrons. The Hall–Kier alpha value is -2.10. The second kappa shape index (κ2) is 6.80. The lowest BCUT2D eigenvalue weighted by Gasteiger charge is -2.11. The standard InChI is InChI=1S/C19H16Cl2N2O/c1-23(2)11-12-10-22-18(15-5-3-4-6-17(15)21)16-9-13(20)7-8-14(16)19(12)24/h3-9,11H,10H2,1-2H3/b12-11+. The molecule has 0 radical (unpaired) electrons. The molecule has 0 aliphatic carbocycles. The molecule has 5 heteroatoms. The maximum Gasteiger partial charge on any atom is 0.193 e. The molecule has 2 aromatic carbocycles. The number of rotatable bonds is 2. The molecular weight excluding hydrogens is 343 g/mol. The van der Waals surface area contributed by atoms with Crippen molar-refractivity contribution < 1.29 is 4.79 Å². The molecule has 3 nitrogen and oxygen atoms in total. The minimum Gasteiger partial charge on any atom is -0.383 e. The molecule has 0 spiro atoms. The van der Waals surface area contributed by atoms with E-state index in [2.05, 4.69) is 4.99 Å². The Morgan fingerprint density at radius 3 is 2.50 bits per heavy atom. The van der Waals surface area contributed by atoms with Gasteiger partial charge in [0.2, 0.25) is 0 Å². The van der Waals surface area contributed by atoms with Crippen molar-refractivity contribution in [1.29, 1.82) is 0 Å². The van der Waals surface area contributed by atoms with Gasteiger partial charge in [-0.3, -0.25) is 9.79 Å².